The molecule has 4 rings (SSSR count). The Balaban J connectivity index is 1.65. The number of nitrogen functional groups attached to an aromatic ring is 1. The molecule has 1 atom stereocenters. The van der Waals surface area contributed by atoms with Gasteiger partial charge in [0.1, 0.15) is 17.0 Å². The number of benzene rings is 1. The van der Waals surface area contributed by atoms with Gasteiger partial charge in [-0.25, -0.2) is 4.98 Å². The Kier molecular flexibility index (Phi) is 7.64. The van der Waals surface area contributed by atoms with Crippen molar-refractivity contribution < 1.29 is 9.84 Å². The molecule has 0 spiro atoms. The van der Waals surface area contributed by atoms with Crippen LogP contribution in [0, 0.1) is 0 Å². The van der Waals surface area contributed by atoms with Crippen molar-refractivity contribution in [2.75, 3.05) is 37.9 Å². The lowest BCUT2D eigenvalue weighted by Gasteiger charge is -2.18. The fraction of sp³-hybridized carbons (Fsp3) is 0.480. The molecule has 9 nitrogen and oxygen atoms in total. The van der Waals surface area contributed by atoms with Crippen LogP contribution in [0.5, 0.6) is 5.75 Å². The molecule has 3 aromatic rings. The molecule has 4 N–H and O–H groups in total. The molecule has 1 aliphatic heterocycles. The number of likely N-dealkylation sites (tertiary alicyclic amines) is 1. The second kappa shape index (κ2) is 10.8. The number of hydrogen-bond donors (Lipinski definition) is 3. The maximum absolute atomic E-state index is 13.5. The smallest absolute Gasteiger partial charge is 0.264 e. The van der Waals surface area contributed by atoms with Gasteiger partial charge < -0.3 is 25.5 Å². The summed E-state index contributed by atoms with van der Waals surface area (Å²) in [7, 11) is 1.66. The van der Waals surface area contributed by atoms with Gasteiger partial charge in [0.05, 0.1) is 31.8 Å². The predicted octanol–water partition coefficient (Wildman–Crippen LogP) is 2.60. The van der Waals surface area contributed by atoms with E-state index in [0.717, 1.165) is 43.8 Å². The number of nitrogens with one attached hydrogen (secondary N) is 1. The van der Waals surface area contributed by atoms with Crippen LogP contribution in [-0.4, -0.2) is 57.4 Å². The summed E-state index contributed by atoms with van der Waals surface area (Å²) < 4.78 is 7.29. The monoisotopic (exact) mass is 466 g/mol. The molecule has 1 fully saturated rings. The number of fused-ring (bicyclic) bond motifs is 1. The Labute approximate surface area is 199 Å². The van der Waals surface area contributed by atoms with E-state index in [0.29, 0.717) is 23.3 Å². The molecule has 2 aromatic heterocycles. The summed E-state index contributed by atoms with van der Waals surface area (Å²) in [6.07, 6.45) is 5.85. The summed E-state index contributed by atoms with van der Waals surface area (Å²) in [4.78, 5) is 24.4. The summed E-state index contributed by atoms with van der Waals surface area (Å²) in [6, 6.07) is 7.74. The van der Waals surface area contributed by atoms with Crippen molar-refractivity contribution >= 4 is 22.7 Å². The van der Waals surface area contributed by atoms with Crippen LogP contribution in [0.4, 0.5) is 11.8 Å². The van der Waals surface area contributed by atoms with E-state index in [-0.39, 0.29) is 24.2 Å². The summed E-state index contributed by atoms with van der Waals surface area (Å²) in [5, 5.41) is 13.3. The summed E-state index contributed by atoms with van der Waals surface area (Å²) in [5.74, 6) is 1.19. The van der Waals surface area contributed by atoms with Crippen molar-refractivity contribution in [2.24, 2.45) is 0 Å². The van der Waals surface area contributed by atoms with Crippen molar-refractivity contribution in [3.8, 4) is 5.75 Å². The van der Waals surface area contributed by atoms with Crippen LogP contribution in [0.25, 0.3) is 10.9 Å². The molecular weight excluding hydrogens is 432 g/mol. The minimum absolute atomic E-state index is 0.0682. The number of ether oxygens (including phenoxy) is 1. The second-order valence-corrected chi connectivity index (χ2v) is 8.88. The van der Waals surface area contributed by atoms with Crippen molar-refractivity contribution in [3.05, 3.63) is 51.9 Å². The van der Waals surface area contributed by atoms with Crippen LogP contribution in [0.1, 0.15) is 43.7 Å². The first kappa shape index (κ1) is 24.0. The van der Waals surface area contributed by atoms with Gasteiger partial charge in [0.15, 0.2) is 0 Å². The lowest BCUT2D eigenvalue weighted by molar-refractivity contribution is 0.268. The lowest BCUT2D eigenvalue weighted by atomic mass is 10.1. The van der Waals surface area contributed by atoms with Crippen LogP contribution >= 0.6 is 0 Å². The molecule has 0 saturated carbocycles. The Bertz CT molecular complexity index is 1190. The molecule has 1 saturated heterocycles. The summed E-state index contributed by atoms with van der Waals surface area (Å²) >= 11 is 0. The van der Waals surface area contributed by atoms with Gasteiger partial charge in [-0.1, -0.05) is 25.5 Å². The third-order valence-corrected chi connectivity index (χ3v) is 6.34. The highest BCUT2D eigenvalue weighted by molar-refractivity contribution is 5.89. The fourth-order valence-electron chi connectivity index (χ4n) is 4.58. The molecule has 0 amide bonds. The van der Waals surface area contributed by atoms with Gasteiger partial charge in [-0.05, 0) is 50.0 Å². The zero-order valence-corrected chi connectivity index (χ0v) is 20.0. The third-order valence-electron chi connectivity index (χ3n) is 6.34. The normalized spacial score (nSPS) is 15.0. The Hall–Kier alpha value is -3.17. The first-order valence-corrected chi connectivity index (χ1v) is 11.9. The quantitative estimate of drug-likeness (QED) is 0.417. The Morgan fingerprint density at radius 2 is 2.00 bits per heavy atom. The SMILES string of the molecule is CCC[C@@H](CO)Nc1nc(N)nc2ccn(Cc3ccc(CN4CCCC4)cc3OC)c(=O)c12. The molecule has 0 radical (unpaired) electrons. The van der Waals surface area contributed by atoms with E-state index >= 15 is 0 Å². The van der Waals surface area contributed by atoms with Gasteiger partial charge in [-0.3, -0.25) is 9.69 Å². The number of nitrogens with zero attached hydrogens (tertiary/aromatic N) is 4. The van der Waals surface area contributed by atoms with Gasteiger partial charge >= 0.3 is 0 Å². The topological polar surface area (TPSA) is 119 Å². The number of aliphatic hydroxyl groups is 1. The maximum atomic E-state index is 13.5. The van der Waals surface area contributed by atoms with E-state index in [9.17, 15) is 9.90 Å². The van der Waals surface area contributed by atoms with Crippen molar-refractivity contribution in [1.29, 1.82) is 0 Å². The number of aromatic nitrogens is 3. The maximum Gasteiger partial charge on any atom is 0.264 e. The van der Waals surface area contributed by atoms with E-state index in [1.807, 2.05) is 13.0 Å². The average molecular weight is 467 g/mol. The first-order chi connectivity index (χ1) is 16.5. The van der Waals surface area contributed by atoms with Crippen LogP contribution in [0.2, 0.25) is 0 Å². The Morgan fingerprint density at radius 1 is 1.21 bits per heavy atom. The lowest BCUT2D eigenvalue weighted by Crippen LogP contribution is -2.27. The van der Waals surface area contributed by atoms with Crippen LogP contribution < -0.4 is 21.3 Å². The summed E-state index contributed by atoms with van der Waals surface area (Å²) in [5.41, 5.74) is 8.25. The molecule has 3 heterocycles. The highest BCUT2D eigenvalue weighted by Gasteiger charge is 2.17. The van der Waals surface area contributed by atoms with Crippen LogP contribution in [0.15, 0.2) is 35.3 Å². The molecular formula is C25H34N6O3. The predicted molar refractivity (Wildman–Crippen MR) is 134 cm³/mol. The van der Waals surface area contributed by atoms with Gasteiger partial charge in [-0.15, -0.1) is 0 Å². The van der Waals surface area contributed by atoms with Crippen LogP contribution in [0.3, 0.4) is 0 Å². The van der Waals surface area contributed by atoms with E-state index in [1.165, 1.54) is 18.4 Å². The molecule has 182 valence electrons. The number of methoxy groups -OCH3 is 1. The zero-order chi connectivity index (χ0) is 24.1. The van der Waals surface area contributed by atoms with Gasteiger partial charge in [-0.2, -0.15) is 4.98 Å². The van der Waals surface area contributed by atoms with E-state index in [4.69, 9.17) is 10.5 Å². The van der Waals surface area contributed by atoms with E-state index in [2.05, 4.69) is 32.3 Å². The molecule has 9 heteroatoms. The van der Waals surface area contributed by atoms with Gasteiger partial charge in [0, 0.05) is 18.3 Å². The Morgan fingerprint density at radius 3 is 2.71 bits per heavy atom. The number of anilines is 2. The van der Waals surface area contributed by atoms with Crippen molar-refractivity contribution in [2.45, 2.75) is 51.7 Å². The molecule has 1 aliphatic rings. The standard InChI is InChI=1S/C25H34N6O3/c1-3-6-19(16-32)27-23-22-20(28-25(26)29-23)9-12-31(24(22)33)15-18-8-7-17(13-21(18)34-2)14-30-10-4-5-11-30/h7-9,12-13,19,32H,3-6,10-11,14-16H2,1-2H3,(H3,26,27,28,29)/t19-/m0/s1. The molecule has 0 bridgehead atoms. The molecule has 0 unspecified atom stereocenters. The number of nitrogens with two attached hydrogens (primary N) is 1. The second-order valence-electron chi connectivity index (χ2n) is 8.88. The van der Waals surface area contributed by atoms with Gasteiger partial charge in [0.2, 0.25) is 5.95 Å². The minimum atomic E-state index is -0.226. The van der Waals surface area contributed by atoms with Crippen LogP contribution in [-0.2, 0) is 13.1 Å². The van der Waals surface area contributed by atoms with Gasteiger partial charge in [0.25, 0.3) is 5.56 Å². The van der Waals surface area contributed by atoms with E-state index in [1.54, 1.807) is 23.9 Å². The highest BCUT2D eigenvalue weighted by atomic mass is 16.5. The first-order valence-electron chi connectivity index (χ1n) is 11.9. The number of rotatable bonds is 10. The molecule has 34 heavy (non-hydrogen) atoms. The zero-order valence-electron chi connectivity index (χ0n) is 20.0. The number of hydrogen-bond acceptors (Lipinski definition) is 8. The molecule has 0 aliphatic carbocycles. The van der Waals surface area contributed by atoms with Crippen molar-refractivity contribution in [3.63, 3.8) is 0 Å². The largest absolute Gasteiger partial charge is 0.496 e. The number of aliphatic hydroxyl groups excluding tert-OH is 1. The third kappa shape index (κ3) is 5.31. The average Bonchev–Trinajstić information content (AvgIpc) is 3.34. The summed E-state index contributed by atoms with van der Waals surface area (Å²) in [6.45, 7) is 5.49. The minimum Gasteiger partial charge on any atom is -0.496 e. The molecule has 1 aromatic carbocycles. The number of pyridine rings is 1. The highest BCUT2D eigenvalue weighted by Crippen LogP contribution is 2.24. The van der Waals surface area contributed by atoms with Crippen molar-refractivity contribution in [1.82, 2.24) is 19.4 Å². The fourth-order valence-corrected chi connectivity index (χ4v) is 4.58. The van der Waals surface area contributed by atoms with E-state index < -0.39 is 0 Å².